The van der Waals surface area contributed by atoms with Crippen LogP contribution in [0.5, 0.6) is 5.75 Å². The van der Waals surface area contributed by atoms with Crippen LogP contribution in [-0.4, -0.2) is 41.2 Å². The standard InChI is InChI=1S/C18H27NO3/c1-13-11-14(5-7-16(13)20)6-8-17(21)22-12-15-9-10-18(2,3)19(15)4/h5,7,11,15,20H,6,8-10,12H2,1-4H3. The average molecular weight is 305 g/mol. The molecule has 0 aliphatic carbocycles. The fraction of sp³-hybridized carbons (Fsp3) is 0.611. The Balaban J connectivity index is 1.75. The number of esters is 1. The van der Waals surface area contributed by atoms with Gasteiger partial charge in [-0.05, 0) is 64.3 Å². The number of nitrogens with zero attached hydrogens (tertiary/aromatic N) is 1. The van der Waals surface area contributed by atoms with E-state index in [4.69, 9.17) is 4.74 Å². The maximum absolute atomic E-state index is 11.9. The summed E-state index contributed by atoms with van der Waals surface area (Å²) < 4.78 is 5.44. The van der Waals surface area contributed by atoms with Crippen LogP contribution in [-0.2, 0) is 16.0 Å². The molecule has 1 aliphatic rings. The maximum Gasteiger partial charge on any atom is 0.306 e. The Hall–Kier alpha value is -1.55. The first-order valence-electron chi connectivity index (χ1n) is 7.96. The second kappa shape index (κ2) is 6.69. The van der Waals surface area contributed by atoms with Crippen LogP contribution in [0.3, 0.4) is 0 Å². The summed E-state index contributed by atoms with van der Waals surface area (Å²) in [5.74, 6) is 0.141. The molecule has 122 valence electrons. The smallest absolute Gasteiger partial charge is 0.306 e. The molecule has 1 saturated heterocycles. The van der Waals surface area contributed by atoms with Gasteiger partial charge in [-0.2, -0.15) is 0 Å². The number of rotatable bonds is 5. The first-order chi connectivity index (χ1) is 10.3. The predicted molar refractivity (Wildman–Crippen MR) is 87.0 cm³/mol. The van der Waals surface area contributed by atoms with Crippen molar-refractivity contribution in [1.29, 1.82) is 0 Å². The molecule has 4 nitrogen and oxygen atoms in total. The van der Waals surface area contributed by atoms with E-state index in [1.165, 1.54) is 0 Å². The van der Waals surface area contributed by atoms with E-state index in [1.807, 2.05) is 19.1 Å². The molecule has 0 saturated carbocycles. The molecule has 1 atom stereocenters. The van der Waals surface area contributed by atoms with Gasteiger partial charge in [-0.3, -0.25) is 9.69 Å². The molecule has 4 heteroatoms. The second-order valence-corrected chi connectivity index (χ2v) is 6.92. The molecule has 22 heavy (non-hydrogen) atoms. The van der Waals surface area contributed by atoms with Crippen molar-refractivity contribution >= 4 is 5.97 Å². The molecule has 1 fully saturated rings. The molecule has 1 N–H and O–H groups in total. The normalized spacial score (nSPS) is 21.0. The van der Waals surface area contributed by atoms with Crippen LogP contribution in [0, 0.1) is 6.92 Å². The zero-order valence-electron chi connectivity index (χ0n) is 14.1. The maximum atomic E-state index is 11.9. The molecule has 1 heterocycles. The number of carbonyl (C=O) groups is 1. The number of phenolic OH excluding ortho intramolecular Hbond substituents is 1. The SMILES string of the molecule is Cc1cc(CCC(=O)OCC2CCC(C)(C)N2C)ccc1O. The van der Waals surface area contributed by atoms with Gasteiger partial charge in [0.15, 0.2) is 0 Å². The van der Waals surface area contributed by atoms with Gasteiger partial charge in [0.25, 0.3) is 0 Å². The summed E-state index contributed by atoms with van der Waals surface area (Å²) in [6.07, 6.45) is 3.24. The summed E-state index contributed by atoms with van der Waals surface area (Å²) in [5, 5.41) is 9.50. The van der Waals surface area contributed by atoms with Gasteiger partial charge in [-0.1, -0.05) is 12.1 Å². The van der Waals surface area contributed by atoms with E-state index >= 15 is 0 Å². The fourth-order valence-electron chi connectivity index (χ4n) is 2.96. The number of aryl methyl sites for hydroxylation is 2. The minimum atomic E-state index is -0.149. The Morgan fingerprint density at radius 2 is 2.18 bits per heavy atom. The number of likely N-dealkylation sites (N-methyl/N-ethyl adjacent to an activating group) is 1. The van der Waals surface area contributed by atoms with E-state index in [0.717, 1.165) is 24.0 Å². The highest BCUT2D eigenvalue weighted by Gasteiger charge is 2.36. The first-order valence-corrected chi connectivity index (χ1v) is 7.96. The molecule has 1 aliphatic heterocycles. The Morgan fingerprint density at radius 1 is 1.45 bits per heavy atom. The summed E-state index contributed by atoms with van der Waals surface area (Å²) >= 11 is 0. The molecule has 0 spiro atoms. The molecule has 1 aromatic rings. The number of phenols is 1. The largest absolute Gasteiger partial charge is 0.508 e. The molecule has 0 radical (unpaired) electrons. The quantitative estimate of drug-likeness (QED) is 0.850. The summed E-state index contributed by atoms with van der Waals surface area (Å²) in [7, 11) is 2.10. The van der Waals surface area contributed by atoms with Crippen LogP contribution in [0.4, 0.5) is 0 Å². The van der Waals surface area contributed by atoms with Crippen LogP contribution in [0.15, 0.2) is 18.2 Å². The second-order valence-electron chi connectivity index (χ2n) is 6.92. The molecule has 1 unspecified atom stereocenters. The van der Waals surface area contributed by atoms with Crippen molar-refractivity contribution in [3.8, 4) is 5.75 Å². The number of ether oxygens (including phenoxy) is 1. The zero-order valence-corrected chi connectivity index (χ0v) is 14.1. The van der Waals surface area contributed by atoms with Crippen LogP contribution >= 0.6 is 0 Å². The third-order valence-corrected chi connectivity index (χ3v) is 4.91. The average Bonchev–Trinajstić information content (AvgIpc) is 2.72. The van der Waals surface area contributed by atoms with Crippen LogP contribution in [0.2, 0.25) is 0 Å². The third kappa shape index (κ3) is 4.01. The topological polar surface area (TPSA) is 49.8 Å². The number of carbonyl (C=O) groups excluding carboxylic acids is 1. The van der Waals surface area contributed by atoms with Gasteiger partial charge in [-0.25, -0.2) is 0 Å². The van der Waals surface area contributed by atoms with Crippen molar-refractivity contribution in [3.63, 3.8) is 0 Å². The lowest BCUT2D eigenvalue weighted by Gasteiger charge is -2.31. The van der Waals surface area contributed by atoms with E-state index < -0.39 is 0 Å². The molecule has 1 aromatic carbocycles. The van der Waals surface area contributed by atoms with E-state index in [9.17, 15) is 9.90 Å². The highest BCUT2D eigenvalue weighted by Crippen LogP contribution is 2.31. The van der Waals surface area contributed by atoms with Gasteiger partial charge in [0, 0.05) is 18.0 Å². The van der Waals surface area contributed by atoms with Crippen molar-refractivity contribution in [2.75, 3.05) is 13.7 Å². The van der Waals surface area contributed by atoms with Crippen molar-refractivity contribution < 1.29 is 14.6 Å². The van der Waals surface area contributed by atoms with Gasteiger partial charge >= 0.3 is 5.97 Å². The number of aromatic hydroxyl groups is 1. The van der Waals surface area contributed by atoms with E-state index in [1.54, 1.807) is 6.07 Å². The highest BCUT2D eigenvalue weighted by molar-refractivity contribution is 5.69. The van der Waals surface area contributed by atoms with Crippen LogP contribution < -0.4 is 0 Å². The van der Waals surface area contributed by atoms with Gasteiger partial charge in [0.1, 0.15) is 12.4 Å². The number of benzene rings is 1. The lowest BCUT2D eigenvalue weighted by molar-refractivity contribution is -0.145. The van der Waals surface area contributed by atoms with Crippen LogP contribution in [0.1, 0.15) is 44.2 Å². The molecule has 2 rings (SSSR count). The monoisotopic (exact) mass is 305 g/mol. The van der Waals surface area contributed by atoms with Gasteiger partial charge in [0.05, 0.1) is 0 Å². The highest BCUT2D eigenvalue weighted by atomic mass is 16.5. The molecule has 0 amide bonds. The molecule has 0 bridgehead atoms. The van der Waals surface area contributed by atoms with Crippen molar-refractivity contribution in [2.45, 2.75) is 58.0 Å². The molecule has 0 aromatic heterocycles. The summed E-state index contributed by atoms with van der Waals surface area (Å²) in [6, 6.07) is 5.76. The Kier molecular flexibility index (Phi) is 5.12. The summed E-state index contributed by atoms with van der Waals surface area (Å²) in [5.41, 5.74) is 2.08. The van der Waals surface area contributed by atoms with E-state index in [-0.39, 0.29) is 11.5 Å². The first kappa shape index (κ1) is 16.8. The van der Waals surface area contributed by atoms with Crippen molar-refractivity contribution in [3.05, 3.63) is 29.3 Å². The Labute approximate surface area is 133 Å². The summed E-state index contributed by atoms with van der Waals surface area (Å²) in [4.78, 5) is 14.2. The number of hydrogen-bond donors (Lipinski definition) is 1. The van der Waals surface area contributed by atoms with E-state index in [2.05, 4.69) is 25.8 Å². The Bertz CT molecular complexity index is 539. The zero-order chi connectivity index (χ0) is 16.3. The number of likely N-dealkylation sites (tertiary alicyclic amines) is 1. The fourth-order valence-corrected chi connectivity index (χ4v) is 2.96. The van der Waals surface area contributed by atoms with Gasteiger partial charge in [0.2, 0.25) is 0 Å². The molecular weight excluding hydrogens is 278 g/mol. The number of hydrogen-bond acceptors (Lipinski definition) is 4. The van der Waals surface area contributed by atoms with E-state index in [0.29, 0.717) is 31.2 Å². The predicted octanol–water partition coefficient (Wildman–Crippen LogP) is 3.05. The lowest BCUT2D eigenvalue weighted by atomic mass is 10.0. The van der Waals surface area contributed by atoms with Crippen molar-refractivity contribution in [2.24, 2.45) is 0 Å². The summed E-state index contributed by atoms with van der Waals surface area (Å²) in [6.45, 7) is 6.78. The van der Waals surface area contributed by atoms with Gasteiger partial charge < -0.3 is 9.84 Å². The van der Waals surface area contributed by atoms with Crippen molar-refractivity contribution in [1.82, 2.24) is 4.90 Å². The minimum absolute atomic E-state index is 0.149. The minimum Gasteiger partial charge on any atom is -0.508 e. The lowest BCUT2D eigenvalue weighted by Crippen LogP contribution is -2.41. The Morgan fingerprint density at radius 3 is 2.77 bits per heavy atom. The van der Waals surface area contributed by atoms with Crippen LogP contribution in [0.25, 0.3) is 0 Å². The third-order valence-electron chi connectivity index (χ3n) is 4.91. The molecular formula is C18H27NO3. The van der Waals surface area contributed by atoms with Gasteiger partial charge in [-0.15, -0.1) is 0 Å².